The van der Waals surface area contributed by atoms with Gasteiger partial charge in [-0.3, -0.25) is 4.79 Å². The van der Waals surface area contributed by atoms with E-state index in [9.17, 15) is 4.79 Å². The van der Waals surface area contributed by atoms with Crippen LogP contribution in [0.15, 0.2) is 11.6 Å². The maximum absolute atomic E-state index is 11.7. The molecule has 2 atom stereocenters. The molecular weight excluding hydrogens is 242 g/mol. The van der Waals surface area contributed by atoms with Gasteiger partial charge in [-0.25, -0.2) is 4.98 Å². The molecule has 0 radical (unpaired) electrons. The lowest BCUT2D eigenvalue weighted by molar-refractivity contribution is -0.123. The van der Waals surface area contributed by atoms with Gasteiger partial charge in [0.2, 0.25) is 5.91 Å². The zero-order valence-corrected chi connectivity index (χ0v) is 11.1. The summed E-state index contributed by atoms with van der Waals surface area (Å²) in [6.07, 6.45) is 4.44. The Bertz CT molecular complexity index is 316. The van der Waals surface area contributed by atoms with Crippen molar-refractivity contribution in [1.29, 1.82) is 0 Å². The summed E-state index contributed by atoms with van der Waals surface area (Å²) in [6, 6.07) is -0.484. The fourth-order valence-corrected chi connectivity index (χ4v) is 2.34. The first-order valence-electron chi connectivity index (χ1n) is 5.09. The van der Waals surface area contributed by atoms with E-state index >= 15 is 0 Å². The van der Waals surface area contributed by atoms with Crippen LogP contribution in [0.1, 0.15) is 24.4 Å². The van der Waals surface area contributed by atoms with Crippen LogP contribution in [0.2, 0.25) is 0 Å². The first-order valence-corrected chi connectivity index (χ1v) is 7.36. The molecule has 1 rings (SSSR count). The quantitative estimate of drug-likeness (QED) is 0.810. The Morgan fingerprint density at radius 1 is 1.75 bits per heavy atom. The number of nitrogens with one attached hydrogen (secondary N) is 1. The van der Waals surface area contributed by atoms with E-state index in [1.165, 1.54) is 11.3 Å². The summed E-state index contributed by atoms with van der Waals surface area (Å²) in [4.78, 5) is 15.8. The molecule has 0 aliphatic rings. The molecule has 1 amide bonds. The Morgan fingerprint density at radius 3 is 3.06 bits per heavy atom. The number of amides is 1. The van der Waals surface area contributed by atoms with Gasteiger partial charge in [0.05, 0.1) is 12.1 Å². The van der Waals surface area contributed by atoms with Crippen LogP contribution in [-0.4, -0.2) is 28.9 Å². The minimum Gasteiger partial charge on any atom is -0.346 e. The monoisotopic (exact) mass is 259 g/mol. The van der Waals surface area contributed by atoms with Gasteiger partial charge in [0.1, 0.15) is 5.01 Å². The molecule has 0 fully saturated rings. The molecule has 0 saturated heterocycles. The van der Waals surface area contributed by atoms with Crippen LogP contribution in [0.4, 0.5) is 0 Å². The Hall–Kier alpha value is -0.590. The van der Waals surface area contributed by atoms with Gasteiger partial charge < -0.3 is 11.1 Å². The predicted molar refractivity (Wildman–Crippen MR) is 69.6 cm³/mol. The molecule has 16 heavy (non-hydrogen) atoms. The summed E-state index contributed by atoms with van der Waals surface area (Å²) in [7, 11) is 0. The van der Waals surface area contributed by atoms with E-state index in [0.29, 0.717) is 6.42 Å². The summed E-state index contributed by atoms with van der Waals surface area (Å²) >= 11 is 3.23. The smallest absolute Gasteiger partial charge is 0.237 e. The Kier molecular flexibility index (Phi) is 5.79. The molecular formula is C10H17N3OS2. The third-order valence-electron chi connectivity index (χ3n) is 2.15. The standard InChI is InChI=1S/C10H17N3OS2/c1-7(10-12-4-6-16-10)13-9(14)8(11)3-5-15-2/h4,6-8H,3,5,11H2,1-2H3,(H,13,14)/t7?,8-/m1/s1. The molecule has 0 saturated carbocycles. The summed E-state index contributed by atoms with van der Waals surface area (Å²) < 4.78 is 0. The van der Waals surface area contributed by atoms with Crippen molar-refractivity contribution >= 4 is 29.0 Å². The maximum atomic E-state index is 11.7. The number of rotatable bonds is 6. The molecule has 1 heterocycles. The molecule has 0 aliphatic heterocycles. The predicted octanol–water partition coefficient (Wildman–Crippen LogP) is 1.40. The minimum absolute atomic E-state index is 0.0622. The highest BCUT2D eigenvalue weighted by Crippen LogP contribution is 2.14. The van der Waals surface area contributed by atoms with Crippen molar-refractivity contribution in [3.8, 4) is 0 Å². The largest absolute Gasteiger partial charge is 0.346 e. The van der Waals surface area contributed by atoms with Crippen molar-refractivity contribution in [2.75, 3.05) is 12.0 Å². The van der Waals surface area contributed by atoms with E-state index in [2.05, 4.69) is 10.3 Å². The van der Waals surface area contributed by atoms with Crippen molar-refractivity contribution in [3.05, 3.63) is 16.6 Å². The molecule has 4 nitrogen and oxygen atoms in total. The number of aromatic nitrogens is 1. The second-order valence-corrected chi connectivity index (χ2v) is 5.40. The van der Waals surface area contributed by atoms with E-state index < -0.39 is 6.04 Å². The van der Waals surface area contributed by atoms with E-state index in [1.54, 1.807) is 18.0 Å². The van der Waals surface area contributed by atoms with Crippen molar-refractivity contribution in [3.63, 3.8) is 0 Å². The van der Waals surface area contributed by atoms with E-state index in [-0.39, 0.29) is 11.9 Å². The minimum atomic E-state index is -0.421. The summed E-state index contributed by atoms with van der Waals surface area (Å²) in [5.41, 5.74) is 5.76. The van der Waals surface area contributed by atoms with Crippen LogP contribution < -0.4 is 11.1 Å². The molecule has 1 unspecified atom stereocenters. The fourth-order valence-electron chi connectivity index (χ4n) is 1.21. The van der Waals surface area contributed by atoms with Gasteiger partial charge in [-0.05, 0) is 25.4 Å². The lowest BCUT2D eigenvalue weighted by Gasteiger charge is -2.15. The lowest BCUT2D eigenvalue weighted by atomic mass is 10.2. The molecule has 1 aromatic heterocycles. The van der Waals surface area contributed by atoms with E-state index in [1.807, 2.05) is 18.6 Å². The number of nitrogens with zero attached hydrogens (tertiary/aromatic N) is 1. The molecule has 3 N–H and O–H groups in total. The van der Waals surface area contributed by atoms with Crippen molar-refractivity contribution in [2.24, 2.45) is 5.73 Å². The molecule has 0 spiro atoms. The van der Waals surface area contributed by atoms with Gasteiger partial charge >= 0.3 is 0 Å². The zero-order valence-electron chi connectivity index (χ0n) is 9.47. The third-order valence-corrected chi connectivity index (χ3v) is 3.75. The molecule has 90 valence electrons. The molecule has 6 heteroatoms. The second-order valence-electron chi connectivity index (χ2n) is 3.49. The van der Waals surface area contributed by atoms with Gasteiger partial charge in [-0.1, -0.05) is 0 Å². The zero-order chi connectivity index (χ0) is 12.0. The van der Waals surface area contributed by atoms with Crippen molar-refractivity contribution < 1.29 is 4.79 Å². The highest BCUT2D eigenvalue weighted by atomic mass is 32.2. The highest BCUT2D eigenvalue weighted by Gasteiger charge is 2.17. The van der Waals surface area contributed by atoms with E-state index in [4.69, 9.17) is 5.73 Å². The molecule has 1 aromatic rings. The lowest BCUT2D eigenvalue weighted by Crippen LogP contribution is -2.41. The molecule has 0 bridgehead atoms. The second kappa shape index (κ2) is 6.88. The number of hydrogen-bond donors (Lipinski definition) is 2. The number of thiazole rings is 1. The summed E-state index contributed by atoms with van der Waals surface area (Å²) in [6.45, 7) is 1.91. The average Bonchev–Trinajstić information content (AvgIpc) is 2.79. The Balaban J connectivity index is 2.39. The van der Waals surface area contributed by atoms with Gasteiger partial charge in [-0.2, -0.15) is 11.8 Å². The first kappa shape index (κ1) is 13.5. The van der Waals surface area contributed by atoms with Crippen LogP contribution in [0.5, 0.6) is 0 Å². The van der Waals surface area contributed by atoms with Gasteiger partial charge in [-0.15, -0.1) is 11.3 Å². The fraction of sp³-hybridized carbons (Fsp3) is 0.600. The highest BCUT2D eigenvalue weighted by molar-refractivity contribution is 7.98. The SMILES string of the molecule is CSCC[C@@H](N)C(=O)NC(C)c1nccs1. The normalized spacial score (nSPS) is 14.4. The Labute approximate surface area is 104 Å². The van der Waals surface area contributed by atoms with Crippen LogP contribution in [-0.2, 0) is 4.79 Å². The number of hydrogen-bond acceptors (Lipinski definition) is 5. The van der Waals surface area contributed by atoms with Crippen LogP contribution in [0.25, 0.3) is 0 Å². The van der Waals surface area contributed by atoms with Gasteiger partial charge in [0.15, 0.2) is 0 Å². The number of carbonyl (C=O) groups excluding carboxylic acids is 1. The van der Waals surface area contributed by atoms with Crippen LogP contribution >= 0.6 is 23.1 Å². The van der Waals surface area contributed by atoms with Gasteiger partial charge in [0.25, 0.3) is 0 Å². The number of carbonyl (C=O) groups is 1. The van der Waals surface area contributed by atoms with Gasteiger partial charge in [0, 0.05) is 11.6 Å². The van der Waals surface area contributed by atoms with Crippen molar-refractivity contribution in [1.82, 2.24) is 10.3 Å². The number of nitrogens with two attached hydrogens (primary N) is 1. The topological polar surface area (TPSA) is 68.0 Å². The van der Waals surface area contributed by atoms with Crippen molar-refractivity contribution in [2.45, 2.75) is 25.4 Å². The summed E-state index contributed by atoms with van der Waals surface area (Å²) in [5.74, 6) is 0.803. The van der Waals surface area contributed by atoms with Crippen LogP contribution in [0, 0.1) is 0 Å². The molecule has 0 aliphatic carbocycles. The Morgan fingerprint density at radius 2 is 2.50 bits per heavy atom. The first-order chi connectivity index (χ1) is 7.65. The summed E-state index contributed by atoms with van der Waals surface area (Å²) in [5, 5.41) is 5.67. The average molecular weight is 259 g/mol. The third kappa shape index (κ3) is 4.11. The molecule has 0 aromatic carbocycles. The van der Waals surface area contributed by atoms with E-state index in [0.717, 1.165) is 10.8 Å². The van der Waals surface area contributed by atoms with Crippen LogP contribution in [0.3, 0.4) is 0 Å². The maximum Gasteiger partial charge on any atom is 0.237 e. The number of thioether (sulfide) groups is 1.